The molecule has 1 aromatic rings. The SMILES string of the molecule is Nc1ccc2c(c1)CC(N1CCSC1)C(=O)N2. The van der Waals surface area contributed by atoms with Gasteiger partial charge in [0.15, 0.2) is 0 Å². The van der Waals surface area contributed by atoms with Gasteiger partial charge >= 0.3 is 0 Å². The number of rotatable bonds is 1. The summed E-state index contributed by atoms with van der Waals surface area (Å²) in [6.45, 7) is 1.00. The summed E-state index contributed by atoms with van der Waals surface area (Å²) in [4.78, 5) is 14.3. The summed E-state index contributed by atoms with van der Waals surface area (Å²) in [5.74, 6) is 2.19. The first-order valence-electron chi connectivity index (χ1n) is 5.75. The topological polar surface area (TPSA) is 58.4 Å². The molecule has 0 spiro atoms. The zero-order valence-corrected chi connectivity index (χ0v) is 10.3. The van der Waals surface area contributed by atoms with Crippen molar-refractivity contribution in [3.05, 3.63) is 23.8 Å². The van der Waals surface area contributed by atoms with Crippen LogP contribution in [0, 0.1) is 0 Å². The Kier molecular flexibility index (Phi) is 2.72. The Bertz CT molecular complexity index is 457. The highest BCUT2D eigenvalue weighted by Crippen LogP contribution is 2.28. The fourth-order valence-electron chi connectivity index (χ4n) is 2.39. The zero-order valence-electron chi connectivity index (χ0n) is 9.48. The van der Waals surface area contributed by atoms with Crippen LogP contribution in [0.1, 0.15) is 5.56 Å². The standard InChI is InChI=1S/C12H15N3OS/c13-9-1-2-10-8(5-9)6-11(12(16)14-10)15-3-4-17-7-15/h1-2,5,11H,3-4,6-7,13H2,(H,14,16). The molecule has 3 rings (SSSR count). The molecule has 0 saturated carbocycles. The third-order valence-corrected chi connectivity index (χ3v) is 4.31. The zero-order chi connectivity index (χ0) is 11.8. The maximum absolute atomic E-state index is 12.0. The van der Waals surface area contributed by atoms with Crippen LogP contribution in [0.3, 0.4) is 0 Å². The van der Waals surface area contributed by atoms with Gasteiger partial charge in [-0.2, -0.15) is 0 Å². The number of carbonyl (C=O) groups is 1. The molecule has 1 saturated heterocycles. The lowest BCUT2D eigenvalue weighted by Gasteiger charge is -2.30. The molecule has 2 aliphatic heterocycles. The van der Waals surface area contributed by atoms with Crippen LogP contribution in [0.15, 0.2) is 18.2 Å². The van der Waals surface area contributed by atoms with Crippen molar-refractivity contribution in [2.45, 2.75) is 12.5 Å². The predicted octanol–water partition coefficient (Wildman–Crippen LogP) is 1.14. The number of fused-ring (bicyclic) bond motifs is 1. The lowest BCUT2D eigenvalue weighted by Crippen LogP contribution is -2.46. The highest BCUT2D eigenvalue weighted by Gasteiger charge is 2.32. The van der Waals surface area contributed by atoms with E-state index in [0.717, 1.165) is 41.5 Å². The first kappa shape index (κ1) is 10.9. The number of amides is 1. The summed E-state index contributed by atoms with van der Waals surface area (Å²) >= 11 is 1.88. The third kappa shape index (κ3) is 2.00. The molecule has 3 N–H and O–H groups in total. The number of anilines is 2. The van der Waals surface area contributed by atoms with E-state index in [1.165, 1.54) is 0 Å². The summed E-state index contributed by atoms with van der Waals surface area (Å²) in [6.07, 6.45) is 0.771. The van der Waals surface area contributed by atoms with E-state index in [9.17, 15) is 4.79 Å². The first-order chi connectivity index (χ1) is 8.24. The van der Waals surface area contributed by atoms with Crippen LogP contribution in [-0.2, 0) is 11.2 Å². The molecule has 4 nitrogen and oxygen atoms in total. The molecule has 1 fully saturated rings. The Morgan fingerprint density at radius 2 is 2.35 bits per heavy atom. The molecule has 1 unspecified atom stereocenters. The summed E-state index contributed by atoms with van der Waals surface area (Å²) in [7, 11) is 0. The summed E-state index contributed by atoms with van der Waals surface area (Å²) in [5.41, 5.74) is 8.60. The molecule has 5 heteroatoms. The Hall–Kier alpha value is -1.20. The number of nitrogen functional groups attached to an aromatic ring is 1. The highest BCUT2D eigenvalue weighted by molar-refractivity contribution is 7.99. The van der Waals surface area contributed by atoms with Crippen LogP contribution < -0.4 is 11.1 Å². The third-order valence-electron chi connectivity index (χ3n) is 3.32. The Labute approximate surface area is 105 Å². The fourth-order valence-corrected chi connectivity index (χ4v) is 3.43. The van der Waals surface area contributed by atoms with Crippen LogP contribution in [0.5, 0.6) is 0 Å². The Morgan fingerprint density at radius 1 is 1.47 bits per heavy atom. The molecule has 2 heterocycles. The highest BCUT2D eigenvalue weighted by atomic mass is 32.2. The van der Waals surface area contributed by atoms with Crippen LogP contribution in [-0.4, -0.2) is 35.0 Å². The smallest absolute Gasteiger partial charge is 0.242 e. The molecule has 2 aliphatic rings. The minimum atomic E-state index is -0.0284. The maximum atomic E-state index is 12.0. The average Bonchev–Trinajstić information content (AvgIpc) is 2.82. The quantitative estimate of drug-likeness (QED) is 0.733. The van der Waals surface area contributed by atoms with E-state index in [1.54, 1.807) is 0 Å². The van der Waals surface area contributed by atoms with Crippen LogP contribution in [0.2, 0.25) is 0 Å². The number of nitrogens with one attached hydrogen (secondary N) is 1. The van der Waals surface area contributed by atoms with Crippen molar-refractivity contribution in [3.8, 4) is 0 Å². The molecule has 90 valence electrons. The van der Waals surface area contributed by atoms with Gasteiger partial charge in [0.1, 0.15) is 0 Å². The molecular weight excluding hydrogens is 234 g/mol. The molecule has 0 bridgehead atoms. The van der Waals surface area contributed by atoms with E-state index < -0.39 is 0 Å². The largest absolute Gasteiger partial charge is 0.399 e. The number of nitrogens with two attached hydrogens (primary N) is 1. The van der Waals surface area contributed by atoms with Crippen molar-refractivity contribution in [3.63, 3.8) is 0 Å². The van der Waals surface area contributed by atoms with Gasteiger partial charge in [0.2, 0.25) is 5.91 Å². The number of benzene rings is 1. The van der Waals surface area contributed by atoms with Gasteiger partial charge in [-0.1, -0.05) is 0 Å². The number of nitrogens with zero attached hydrogens (tertiary/aromatic N) is 1. The van der Waals surface area contributed by atoms with Crippen LogP contribution >= 0.6 is 11.8 Å². The summed E-state index contributed by atoms with van der Waals surface area (Å²) in [5, 5.41) is 2.97. The normalized spacial score (nSPS) is 24.5. The number of carbonyl (C=O) groups excluding carboxylic acids is 1. The van der Waals surface area contributed by atoms with E-state index in [2.05, 4.69) is 10.2 Å². The number of hydrogen-bond donors (Lipinski definition) is 2. The van der Waals surface area contributed by atoms with E-state index in [0.29, 0.717) is 0 Å². The Morgan fingerprint density at radius 3 is 3.12 bits per heavy atom. The number of hydrogen-bond acceptors (Lipinski definition) is 4. The minimum absolute atomic E-state index is 0.0284. The second-order valence-corrected chi connectivity index (χ2v) is 5.55. The molecular formula is C12H15N3OS. The second-order valence-electron chi connectivity index (χ2n) is 4.48. The number of thioether (sulfide) groups is 1. The second kappa shape index (κ2) is 4.23. The lowest BCUT2D eigenvalue weighted by atomic mass is 9.97. The van der Waals surface area contributed by atoms with Gasteiger partial charge in [-0.05, 0) is 30.2 Å². The van der Waals surface area contributed by atoms with Gasteiger partial charge in [0.05, 0.1) is 6.04 Å². The van der Waals surface area contributed by atoms with Crippen molar-refractivity contribution >= 4 is 29.0 Å². The molecule has 1 atom stereocenters. The Balaban J connectivity index is 1.88. The van der Waals surface area contributed by atoms with E-state index in [1.807, 2.05) is 30.0 Å². The fraction of sp³-hybridized carbons (Fsp3) is 0.417. The molecule has 0 radical (unpaired) electrons. The van der Waals surface area contributed by atoms with Gasteiger partial charge in [0.25, 0.3) is 0 Å². The predicted molar refractivity (Wildman–Crippen MR) is 71.0 cm³/mol. The van der Waals surface area contributed by atoms with Crippen molar-refractivity contribution in [2.75, 3.05) is 29.2 Å². The minimum Gasteiger partial charge on any atom is -0.399 e. The summed E-state index contributed by atoms with van der Waals surface area (Å²) < 4.78 is 0. The van der Waals surface area contributed by atoms with Gasteiger partial charge in [-0.25, -0.2) is 0 Å². The van der Waals surface area contributed by atoms with Gasteiger partial charge in [0, 0.05) is 29.5 Å². The van der Waals surface area contributed by atoms with E-state index in [4.69, 9.17) is 5.73 Å². The average molecular weight is 249 g/mol. The molecule has 1 amide bonds. The lowest BCUT2D eigenvalue weighted by molar-refractivity contribution is -0.121. The maximum Gasteiger partial charge on any atom is 0.242 e. The van der Waals surface area contributed by atoms with Gasteiger partial charge in [-0.3, -0.25) is 9.69 Å². The van der Waals surface area contributed by atoms with Crippen LogP contribution in [0.25, 0.3) is 0 Å². The molecule has 17 heavy (non-hydrogen) atoms. The van der Waals surface area contributed by atoms with Crippen molar-refractivity contribution in [1.29, 1.82) is 0 Å². The van der Waals surface area contributed by atoms with Gasteiger partial charge in [-0.15, -0.1) is 11.8 Å². The van der Waals surface area contributed by atoms with E-state index >= 15 is 0 Å². The molecule has 1 aromatic carbocycles. The van der Waals surface area contributed by atoms with Crippen molar-refractivity contribution in [2.24, 2.45) is 0 Å². The van der Waals surface area contributed by atoms with Crippen molar-refractivity contribution in [1.82, 2.24) is 4.90 Å². The monoisotopic (exact) mass is 249 g/mol. The summed E-state index contributed by atoms with van der Waals surface area (Å²) in [6, 6.07) is 5.65. The van der Waals surface area contributed by atoms with Gasteiger partial charge < -0.3 is 11.1 Å². The van der Waals surface area contributed by atoms with Crippen molar-refractivity contribution < 1.29 is 4.79 Å². The van der Waals surface area contributed by atoms with E-state index in [-0.39, 0.29) is 11.9 Å². The molecule has 0 aromatic heterocycles. The molecule has 0 aliphatic carbocycles. The first-order valence-corrected chi connectivity index (χ1v) is 6.90. The van der Waals surface area contributed by atoms with Crippen LogP contribution in [0.4, 0.5) is 11.4 Å².